The Morgan fingerprint density at radius 1 is 0.462 bits per heavy atom. The van der Waals surface area contributed by atoms with E-state index in [4.69, 9.17) is 47.7 Å². The molecule has 1 aromatic rings. The summed E-state index contributed by atoms with van der Waals surface area (Å²) < 4.78 is 48.9. The number of likely N-dealkylation sites (N-methyl/N-ethyl adjacent to an activating group) is 1. The van der Waals surface area contributed by atoms with Crippen molar-refractivity contribution in [2.45, 2.75) is 6.92 Å². The lowest BCUT2D eigenvalue weighted by molar-refractivity contribution is -0.0254. The molecule has 0 aromatic heterocycles. The Hall–Kier alpha value is -1.38. The number of aliphatic hydroxyl groups is 1. The average molecular weight is 562 g/mol. The fraction of sp³-hybridized carbons (Fsp3) is 0.786. The van der Waals surface area contributed by atoms with Gasteiger partial charge in [0.05, 0.1) is 126 Å². The van der Waals surface area contributed by atoms with Gasteiger partial charge in [-0.1, -0.05) is 18.2 Å². The molecular weight excluding hydrogens is 510 g/mol. The average Bonchev–Trinajstić information content (AvgIpc) is 2.97. The van der Waals surface area contributed by atoms with Gasteiger partial charge in [-0.25, -0.2) is 0 Å². The van der Waals surface area contributed by atoms with E-state index in [-0.39, 0.29) is 6.61 Å². The van der Waals surface area contributed by atoms with Crippen LogP contribution in [-0.4, -0.2) is 144 Å². The van der Waals surface area contributed by atoms with E-state index >= 15 is 0 Å². The first kappa shape index (κ1) is 35.6. The molecule has 11 nitrogen and oxygen atoms in total. The lowest BCUT2D eigenvalue weighted by Crippen LogP contribution is -2.27. The van der Waals surface area contributed by atoms with Crippen molar-refractivity contribution in [3.05, 3.63) is 30.3 Å². The van der Waals surface area contributed by atoms with Gasteiger partial charge in [0.1, 0.15) is 0 Å². The summed E-state index contributed by atoms with van der Waals surface area (Å²) >= 11 is 0. The summed E-state index contributed by atoms with van der Waals surface area (Å²) in [4.78, 5) is 2.29. The molecule has 0 aliphatic heterocycles. The number of rotatable bonds is 31. The number of hydrogen-bond donors (Lipinski definition) is 1. The van der Waals surface area contributed by atoms with E-state index in [1.54, 1.807) is 0 Å². The smallest absolute Gasteiger partial charge is 0.0701 e. The summed E-state index contributed by atoms with van der Waals surface area (Å²) in [6, 6.07) is 10.4. The van der Waals surface area contributed by atoms with E-state index in [1.165, 1.54) is 5.69 Å². The van der Waals surface area contributed by atoms with Crippen molar-refractivity contribution in [3.63, 3.8) is 0 Å². The van der Waals surface area contributed by atoms with Crippen LogP contribution in [0.2, 0.25) is 0 Å². The third kappa shape index (κ3) is 24.2. The van der Waals surface area contributed by atoms with Crippen molar-refractivity contribution in [2.24, 2.45) is 0 Å². The van der Waals surface area contributed by atoms with Crippen molar-refractivity contribution in [1.82, 2.24) is 0 Å². The molecule has 0 saturated carbocycles. The molecule has 0 fully saturated rings. The van der Waals surface area contributed by atoms with E-state index in [0.29, 0.717) is 119 Å². The molecule has 1 rings (SSSR count). The van der Waals surface area contributed by atoms with E-state index in [0.717, 1.165) is 13.1 Å². The number of anilines is 1. The lowest BCUT2D eigenvalue weighted by Gasteiger charge is -2.22. The fourth-order valence-corrected chi connectivity index (χ4v) is 3.21. The van der Waals surface area contributed by atoms with E-state index < -0.39 is 0 Å². The normalized spacial score (nSPS) is 11.3. The van der Waals surface area contributed by atoms with Gasteiger partial charge in [0.25, 0.3) is 0 Å². The first-order valence-corrected chi connectivity index (χ1v) is 14.0. The summed E-state index contributed by atoms with van der Waals surface area (Å²) in [5.41, 5.74) is 1.22. The number of hydrogen-bond acceptors (Lipinski definition) is 11. The second-order valence-corrected chi connectivity index (χ2v) is 8.15. The summed E-state index contributed by atoms with van der Waals surface area (Å²) in [5, 5.41) is 8.57. The predicted octanol–water partition coefficient (Wildman–Crippen LogP) is 1.65. The first-order valence-electron chi connectivity index (χ1n) is 14.0. The molecule has 11 heteroatoms. The number of para-hydroxylation sites is 1. The zero-order valence-electron chi connectivity index (χ0n) is 23.8. The molecule has 0 aliphatic rings. The van der Waals surface area contributed by atoms with Gasteiger partial charge in [-0.15, -0.1) is 0 Å². The van der Waals surface area contributed by atoms with Crippen molar-refractivity contribution >= 4 is 5.69 Å². The maximum absolute atomic E-state index is 8.57. The molecule has 39 heavy (non-hydrogen) atoms. The van der Waals surface area contributed by atoms with Crippen LogP contribution >= 0.6 is 0 Å². The van der Waals surface area contributed by atoms with Crippen molar-refractivity contribution < 1.29 is 47.7 Å². The Balaban J connectivity index is 1.68. The SMILES string of the molecule is CCN(CCOCCOCCOCCOCCOCCOCCOCCOCCOCCO)c1ccccc1. The second kappa shape index (κ2) is 29.6. The molecule has 0 aliphatic carbocycles. The van der Waals surface area contributed by atoms with Crippen LogP contribution in [0.15, 0.2) is 30.3 Å². The molecular formula is C28H51NO10. The highest BCUT2D eigenvalue weighted by Crippen LogP contribution is 2.11. The van der Waals surface area contributed by atoms with Crippen LogP contribution in [0.25, 0.3) is 0 Å². The van der Waals surface area contributed by atoms with Crippen molar-refractivity contribution in [2.75, 3.05) is 144 Å². The zero-order chi connectivity index (χ0) is 27.9. The highest BCUT2D eigenvalue weighted by Gasteiger charge is 2.03. The molecule has 1 aromatic carbocycles. The predicted molar refractivity (Wildman–Crippen MR) is 149 cm³/mol. The van der Waals surface area contributed by atoms with Crippen LogP contribution in [0.4, 0.5) is 5.69 Å². The summed E-state index contributed by atoms with van der Waals surface area (Å²) in [5.74, 6) is 0. The second-order valence-electron chi connectivity index (χ2n) is 8.15. The third-order valence-electron chi connectivity index (χ3n) is 5.22. The monoisotopic (exact) mass is 561 g/mol. The highest BCUT2D eigenvalue weighted by atomic mass is 16.6. The molecule has 0 radical (unpaired) electrons. The molecule has 0 spiro atoms. The highest BCUT2D eigenvalue weighted by molar-refractivity contribution is 5.45. The molecule has 228 valence electrons. The minimum absolute atomic E-state index is 0.0293. The van der Waals surface area contributed by atoms with Crippen LogP contribution in [0.3, 0.4) is 0 Å². The van der Waals surface area contributed by atoms with Gasteiger partial charge in [-0.3, -0.25) is 0 Å². The Labute approximate surface area is 234 Å². The van der Waals surface area contributed by atoms with Gasteiger partial charge in [-0.2, -0.15) is 0 Å². The molecule has 0 unspecified atom stereocenters. The molecule has 0 atom stereocenters. The summed E-state index contributed by atoms with van der Waals surface area (Å²) in [6.07, 6.45) is 0. The van der Waals surface area contributed by atoms with Gasteiger partial charge in [0.2, 0.25) is 0 Å². The molecule has 0 amide bonds. The van der Waals surface area contributed by atoms with Crippen molar-refractivity contribution in [3.8, 4) is 0 Å². The van der Waals surface area contributed by atoms with Crippen LogP contribution < -0.4 is 4.90 Å². The Morgan fingerprint density at radius 2 is 0.769 bits per heavy atom. The Bertz CT molecular complexity index is 599. The fourth-order valence-electron chi connectivity index (χ4n) is 3.21. The summed E-state index contributed by atoms with van der Waals surface area (Å²) in [6.45, 7) is 13.3. The molecule has 0 saturated heterocycles. The van der Waals surface area contributed by atoms with E-state index in [9.17, 15) is 0 Å². The number of nitrogens with zero attached hydrogens (tertiary/aromatic N) is 1. The number of ether oxygens (including phenoxy) is 9. The van der Waals surface area contributed by atoms with Crippen LogP contribution in [-0.2, 0) is 42.6 Å². The van der Waals surface area contributed by atoms with Crippen molar-refractivity contribution in [1.29, 1.82) is 0 Å². The van der Waals surface area contributed by atoms with E-state index in [2.05, 4.69) is 36.1 Å². The quantitative estimate of drug-likeness (QED) is 0.134. The van der Waals surface area contributed by atoms with Gasteiger partial charge in [0.15, 0.2) is 0 Å². The maximum atomic E-state index is 8.57. The Morgan fingerprint density at radius 3 is 1.08 bits per heavy atom. The zero-order valence-corrected chi connectivity index (χ0v) is 23.8. The van der Waals surface area contributed by atoms with Gasteiger partial charge in [0, 0.05) is 18.8 Å². The molecule has 0 heterocycles. The summed E-state index contributed by atoms with van der Waals surface area (Å²) in [7, 11) is 0. The lowest BCUT2D eigenvalue weighted by atomic mass is 10.3. The first-order chi connectivity index (χ1) is 19.4. The van der Waals surface area contributed by atoms with Crippen LogP contribution in [0.5, 0.6) is 0 Å². The van der Waals surface area contributed by atoms with Crippen LogP contribution in [0, 0.1) is 0 Å². The number of aliphatic hydroxyl groups excluding tert-OH is 1. The van der Waals surface area contributed by atoms with Gasteiger partial charge >= 0.3 is 0 Å². The maximum Gasteiger partial charge on any atom is 0.0701 e. The number of benzene rings is 1. The minimum atomic E-state index is 0.0293. The standard InChI is InChI=1S/C28H51NO10/c1-2-29(28-6-4-3-5-7-28)8-10-31-12-14-33-16-18-35-20-22-37-24-26-39-27-25-38-23-21-36-19-17-34-15-13-32-11-9-30/h3-7,30H,2,8-27H2,1H3. The molecule has 1 N–H and O–H groups in total. The minimum Gasteiger partial charge on any atom is -0.394 e. The molecule has 0 bridgehead atoms. The van der Waals surface area contributed by atoms with Gasteiger partial charge in [-0.05, 0) is 19.1 Å². The topological polar surface area (TPSA) is 107 Å². The van der Waals surface area contributed by atoms with Gasteiger partial charge < -0.3 is 52.6 Å². The Kier molecular flexibility index (Phi) is 27.1. The third-order valence-corrected chi connectivity index (χ3v) is 5.22. The van der Waals surface area contributed by atoms with Crippen LogP contribution in [0.1, 0.15) is 6.92 Å². The largest absolute Gasteiger partial charge is 0.394 e. The van der Waals surface area contributed by atoms with E-state index in [1.807, 2.05) is 6.07 Å².